The summed E-state index contributed by atoms with van der Waals surface area (Å²) in [5.41, 5.74) is 0.747. The summed E-state index contributed by atoms with van der Waals surface area (Å²) in [5.74, 6) is -1.11. The quantitative estimate of drug-likeness (QED) is 0.718. The minimum atomic E-state index is -1.09. The Kier molecular flexibility index (Phi) is 6.75. The lowest BCUT2D eigenvalue weighted by Gasteiger charge is -2.14. The van der Waals surface area contributed by atoms with Gasteiger partial charge >= 0.3 is 5.97 Å². The van der Waals surface area contributed by atoms with E-state index in [2.05, 4.69) is 10.6 Å². The molecule has 0 aliphatic rings. The van der Waals surface area contributed by atoms with Gasteiger partial charge in [0.2, 0.25) is 11.8 Å². The van der Waals surface area contributed by atoms with Crippen molar-refractivity contribution >= 4 is 29.2 Å². The fourth-order valence-corrected chi connectivity index (χ4v) is 2.03. The van der Waals surface area contributed by atoms with E-state index in [0.29, 0.717) is 24.2 Å². The standard InChI is InChI=1S/C17H24N2O4/c1-10(2)7-15(20)18-13-6-5-12(17(22)23)9-14(13)19-16(21)8-11(3)4/h5-6,9-11H,7-8H2,1-4H3,(H,18,20)(H,19,21)(H,22,23). The molecule has 0 radical (unpaired) electrons. The summed E-state index contributed by atoms with van der Waals surface area (Å²) in [7, 11) is 0. The molecule has 0 atom stereocenters. The molecule has 0 saturated heterocycles. The van der Waals surface area contributed by atoms with E-state index in [-0.39, 0.29) is 29.2 Å². The van der Waals surface area contributed by atoms with E-state index in [1.54, 1.807) is 0 Å². The number of rotatable bonds is 7. The van der Waals surface area contributed by atoms with Gasteiger partial charge in [-0.15, -0.1) is 0 Å². The zero-order valence-corrected chi connectivity index (χ0v) is 14.0. The average molecular weight is 320 g/mol. The molecule has 6 heteroatoms. The number of carboxylic acids is 1. The van der Waals surface area contributed by atoms with Crippen LogP contribution in [0.2, 0.25) is 0 Å². The highest BCUT2D eigenvalue weighted by atomic mass is 16.4. The Labute approximate surface area is 136 Å². The molecular formula is C17H24N2O4. The largest absolute Gasteiger partial charge is 0.478 e. The van der Waals surface area contributed by atoms with Crippen molar-refractivity contribution in [1.29, 1.82) is 0 Å². The maximum Gasteiger partial charge on any atom is 0.335 e. The van der Waals surface area contributed by atoms with Crippen LogP contribution in [0.15, 0.2) is 18.2 Å². The number of benzene rings is 1. The first-order valence-corrected chi connectivity index (χ1v) is 7.66. The monoisotopic (exact) mass is 320 g/mol. The average Bonchev–Trinajstić information content (AvgIpc) is 2.38. The Morgan fingerprint density at radius 1 is 0.913 bits per heavy atom. The number of nitrogens with one attached hydrogen (secondary N) is 2. The van der Waals surface area contributed by atoms with Gasteiger partial charge in [-0.1, -0.05) is 27.7 Å². The molecular weight excluding hydrogens is 296 g/mol. The number of carbonyl (C=O) groups is 3. The lowest BCUT2D eigenvalue weighted by molar-refractivity contribution is -0.117. The molecule has 23 heavy (non-hydrogen) atoms. The summed E-state index contributed by atoms with van der Waals surface area (Å²) in [6.07, 6.45) is 0.663. The summed E-state index contributed by atoms with van der Waals surface area (Å²) in [4.78, 5) is 35.0. The number of aromatic carboxylic acids is 1. The first-order valence-electron chi connectivity index (χ1n) is 7.66. The molecule has 2 amide bonds. The second-order valence-corrected chi connectivity index (χ2v) is 6.36. The molecule has 1 aromatic carbocycles. The van der Waals surface area contributed by atoms with E-state index in [9.17, 15) is 14.4 Å². The minimum absolute atomic E-state index is 0.0479. The first kappa shape index (κ1) is 18.7. The fraction of sp³-hybridized carbons (Fsp3) is 0.471. The summed E-state index contributed by atoms with van der Waals surface area (Å²) in [6, 6.07) is 4.24. The van der Waals surface area contributed by atoms with Crippen LogP contribution in [0.1, 0.15) is 50.9 Å². The van der Waals surface area contributed by atoms with Gasteiger partial charge in [0.1, 0.15) is 0 Å². The maximum atomic E-state index is 11.9. The van der Waals surface area contributed by atoms with Gasteiger partial charge in [-0.25, -0.2) is 4.79 Å². The number of amides is 2. The van der Waals surface area contributed by atoms with Crippen LogP contribution in [0.3, 0.4) is 0 Å². The normalized spacial score (nSPS) is 10.7. The molecule has 1 rings (SSSR count). The molecule has 0 bridgehead atoms. The molecule has 0 aromatic heterocycles. The first-order chi connectivity index (χ1) is 10.7. The number of hydrogen-bond donors (Lipinski definition) is 3. The van der Waals surface area contributed by atoms with Crippen molar-refractivity contribution in [2.75, 3.05) is 10.6 Å². The Bertz CT molecular complexity index is 594. The van der Waals surface area contributed by atoms with E-state index in [4.69, 9.17) is 5.11 Å². The Balaban J connectivity index is 3.01. The van der Waals surface area contributed by atoms with Gasteiger partial charge in [0.25, 0.3) is 0 Å². The number of carbonyl (C=O) groups excluding carboxylic acids is 2. The summed E-state index contributed by atoms with van der Waals surface area (Å²) >= 11 is 0. The van der Waals surface area contributed by atoms with E-state index in [0.717, 1.165) is 0 Å². The van der Waals surface area contributed by atoms with Crippen molar-refractivity contribution in [3.8, 4) is 0 Å². The summed E-state index contributed by atoms with van der Waals surface area (Å²) < 4.78 is 0. The Hall–Kier alpha value is -2.37. The second-order valence-electron chi connectivity index (χ2n) is 6.36. The highest BCUT2D eigenvalue weighted by molar-refractivity contribution is 6.01. The summed E-state index contributed by atoms with van der Waals surface area (Å²) in [5, 5.41) is 14.5. The molecule has 3 N–H and O–H groups in total. The van der Waals surface area contributed by atoms with Crippen LogP contribution in [0.25, 0.3) is 0 Å². The van der Waals surface area contributed by atoms with E-state index < -0.39 is 5.97 Å². The van der Waals surface area contributed by atoms with Gasteiger partial charge in [0, 0.05) is 12.8 Å². The highest BCUT2D eigenvalue weighted by Crippen LogP contribution is 2.24. The van der Waals surface area contributed by atoms with Crippen molar-refractivity contribution in [2.24, 2.45) is 11.8 Å². The van der Waals surface area contributed by atoms with Crippen molar-refractivity contribution in [3.05, 3.63) is 23.8 Å². The molecule has 0 unspecified atom stereocenters. The van der Waals surface area contributed by atoms with Crippen LogP contribution in [0.4, 0.5) is 11.4 Å². The van der Waals surface area contributed by atoms with Crippen LogP contribution in [0, 0.1) is 11.8 Å². The molecule has 0 aliphatic carbocycles. The van der Waals surface area contributed by atoms with Crippen LogP contribution >= 0.6 is 0 Å². The molecule has 0 saturated carbocycles. The van der Waals surface area contributed by atoms with Gasteiger partial charge in [-0.3, -0.25) is 9.59 Å². The van der Waals surface area contributed by atoms with Crippen molar-refractivity contribution in [2.45, 2.75) is 40.5 Å². The SMILES string of the molecule is CC(C)CC(=O)Nc1ccc(C(=O)O)cc1NC(=O)CC(C)C. The van der Waals surface area contributed by atoms with Crippen molar-refractivity contribution in [1.82, 2.24) is 0 Å². The third-order valence-electron chi connectivity index (χ3n) is 3.00. The molecule has 0 aliphatic heterocycles. The number of anilines is 2. The van der Waals surface area contributed by atoms with E-state index in [1.165, 1.54) is 18.2 Å². The maximum absolute atomic E-state index is 11.9. The lowest BCUT2D eigenvalue weighted by Crippen LogP contribution is -2.19. The Morgan fingerprint density at radius 3 is 1.83 bits per heavy atom. The van der Waals surface area contributed by atoms with Crippen LogP contribution in [-0.4, -0.2) is 22.9 Å². The molecule has 0 heterocycles. The topological polar surface area (TPSA) is 95.5 Å². The second kappa shape index (κ2) is 8.31. The molecule has 6 nitrogen and oxygen atoms in total. The predicted octanol–water partition coefficient (Wildman–Crippen LogP) is 3.35. The smallest absolute Gasteiger partial charge is 0.335 e. The van der Waals surface area contributed by atoms with Crippen LogP contribution in [0.5, 0.6) is 0 Å². The molecule has 0 spiro atoms. The van der Waals surface area contributed by atoms with Gasteiger partial charge in [-0.05, 0) is 30.0 Å². The molecule has 126 valence electrons. The van der Waals surface area contributed by atoms with Crippen LogP contribution < -0.4 is 10.6 Å². The van der Waals surface area contributed by atoms with Gasteiger partial charge in [0.05, 0.1) is 16.9 Å². The Morgan fingerprint density at radius 2 is 1.39 bits per heavy atom. The van der Waals surface area contributed by atoms with Crippen LogP contribution in [-0.2, 0) is 9.59 Å². The molecule has 0 fully saturated rings. The summed E-state index contributed by atoms with van der Waals surface area (Å²) in [6.45, 7) is 7.69. The third-order valence-corrected chi connectivity index (χ3v) is 3.00. The fourth-order valence-electron chi connectivity index (χ4n) is 2.03. The number of carboxylic acid groups (broad SMARTS) is 1. The zero-order valence-electron chi connectivity index (χ0n) is 14.0. The van der Waals surface area contributed by atoms with Crippen molar-refractivity contribution < 1.29 is 19.5 Å². The van der Waals surface area contributed by atoms with E-state index >= 15 is 0 Å². The van der Waals surface area contributed by atoms with E-state index in [1.807, 2.05) is 27.7 Å². The van der Waals surface area contributed by atoms with Crippen molar-refractivity contribution in [3.63, 3.8) is 0 Å². The third kappa shape index (κ3) is 6.50. The highest BCUT2D eigenvalue weighted by Gasteiger charge is 2.14. The molecule has 1 aromatic rings. The predicted molar refractivity (Wildman–Crippen MR) is 89.6 cm³/mol. The zero-order chi connectivity index (χ0) is 17.6. The van der Waals surface area contributed by atoms with Gasteiger partial charge in [-0.2, -0.15) is 0 Å². The van der Waals surface area contributed by atoms with Gasteiger partial charge < -0.3 is 15.7 Å². The minimum Gasteiger partial charge on any atom is -0.478 e. The lowest BCUT2D eigenvalue weighted by atomic mass is 10.1. The number of hydrogen-bond acceptors (Lipinski definition) is 3. The van der Waals surface area contributed by atoms with Gasteiger partial charge in [0.15, 0.2) is 0 Å².